The van der Waals surface area contributed by atoms with Gasteiger partial charge < -0.3 is 9.15 Å². The highest BCUT2D eigenvalue weighted by Gasteiger charge is 2.17. The number of rotatable bonds is 5. The zero-order valence-electron chi connectivity index (χ0n) is 15.1. The van der Waals surface area contributed by atoms with E-state index in [0.717, 1.165) is 16.7 Å². The van der Waals surface area contributed by atoms with Gasteiger partial charge in [-0.25, -0.2) is 4.39 Å². The van der Waals surface area contributed by atoms with E-state index in [1.165, 1.54) is 19.2 Å². The van der Waals surface area contributed by atoms with Crippen molar-refractivity contribution >= 4 is 23.0 Å². The van der Waals surface area contributed by atoms with Crippen molar-refractivity contribution in [3.05, 3.63) is 78.1 Å². The number of nitrogens with zero attached hydrogens (tertiary/aromatic N) is 1. The van der Waals surface area contributed by atoms with Gasteiger partial charge in [0.1, 0.15) is 11.6 Å². The van der Waals surface area contributed by atoms with Gasteiger partial charge in [-0.1, -0.05) is 42.5 Å². The molecule has 4 rings (SSSR count). The summed E-state index contributed by atoms with van der Waals surface area (Å²) in [5.74, 6) is -0.0341. The number of carbonyl (C=O) groups excluding carboxylic acids is 1. The zero-order chi connectivity index (χ0) is 19.5. The fourth-order valence-electron chi connectivity index (χ4n) is 3.00. The average molecular weight is 376 g/mol. The summed E-state index contributed by atoms with van der Waals surface area (Å²) in [6.45, 7) is 0. The number of aromatic nitrogens is 1. The summed E-state index contributed by atoms with van der Waals surface area (Å²) in [6, 6.07) is 19.1. The second-order valence-electron chi connectivity index (χ2n) is 6.23. The Morgan fingerprint density at radius 3 is 2.54 bits per heavy atom. The molecule has 1 N–H and O–H groups in total. The minimum Gasteiger partial charge on any atom is -0.494 e. The van der Waals surface area contributed by atoms with Crippen molar-refractivity contribution in [2.75, 3.05) is 12.4 Å². The molecule has 0 unspecified atom stereocenters. The summed E-state index contributed by atoms with van der Waals surface area (Å²) in [5.41, 5.74) is 3.33. The number of hydrogen-bond donors (Lipinski definition) is 1. The third-order valence-electron chi connectivity index (χ3n) is 4.34. The topological polar surface area (TPSA) is 64.4 Å². The summed E-state index contributed by atoms with van der Waals surface area (Å²) in [5, 5.41) is 2.69. The number of benzene rings is 3. The monoisotopic (exact) mass is 376 g/mol. The lowest BCUT2D eigenvalue weighted by atomic mass is 10.0. The Balaban J connectivity index is 1.67. The Morgan fingerprint density at radius 1 is 1.07 bits per heavy atom. The molecule has 0 radical (unpaired) electrons. The van der Waals surface area contributed by atoms with Crippen molar-refractivity contribution < 1.29 is 18.3 Å². The smallest absolute Gasteiger partial charge is 0.302 e. The van der Waals surface area contributed by atoms with E-state index < -0.39 is 0 Å². The number of carbonyl (C=O) groups is 1. The Labute approximate surface area is 160 Å². The van der Waals surface area contributed by atoms with E-state index in [-0.39, 0.29) is 24.2 Å². The molecule has 1 heterocycles. The van der Waals surface area contributed by atoms with Crippen LogP contribution in [0, 0.1) is 5.82 Å². The van der Waals surface area contributed by atoms with Crippen LogP contribution in [0.25, 0.3) is 22.2 Å². The van der Waals surface area contributed by atoms with Crippen LogP contribution in [0.4, 0.5) is 10.4 Å². The van der Waals surface area contributed by atoms with Gasteiger partial charge in [-0.15, -0.1) is 0 Å². The Bertz CT molecular complexity index is 1120. The highest BCUT2D eigenvalue weighted by molar-refractivity contribution is 5.97. The lowest BCUT2D eigenvalue weighted by Gasteiger charge is -2.05. The predicted molar refractivity (Wildman–Crippen MR) is 105 cm³/mol. The normalized spacial score (nSPS) is 10.8. The number of oxazole rings is 1. The summed E-state index contributed by atoms with van der Waals surface area (Å²) in [7, 11) is 1.54. The summed E-state index contributed by atoms with van der Waals surface area (Å²) < 4.78 is 24.4. The van der Waals surface area contributed by atoms with Gasteiger partial charge in [0.2, 0.25) is 5.91 Å². The van der Waals surface area contributed by atoms with Gasteiger partial charge >= 0.3 is 6.01 Å². The third-order valence-corrected chi connectivity index (χ3v) is 4.34. The van der Waals surface area contributed by atoms with Crippen LogP contribution in [0.15, 0.2) is 71.1 Å². The average Bonchev–Trinajstić information content (AvgIpc) is 3.12. The number of hydrogen-bond acceptors (Lipinski definition) is 4. The van der Waals surface area contributed by atoms with Gasteiger partial charge in [0.05, 0.1) is 13.5 Å². The van der Waals surface area contributed by atoms with Crippen molar-refractivity contribution in [1.29, 1.82) is 0 Å². The Hall–Kier alpha value is -3.67. The summed E-state index contributed by atoms with van der Waals surface area (Å²) in [6.07, 6.45) is 0.210. The second kappa shape index (κ2) is 7.52. The SMILES string of the molecule is COc1ccc(-c2ccc(F)cc2)c2oc(NC(=O)Cc3ccccc3)nc12. The van der Waals surface area contributed by atoms with E-state index in [4.69, 9.17) is 9.15 Å². The first kappa shape index (κ1) is 17.7. The molecular weight excluding hydrogens is 359 g/mol. The molecule has 0 bridgehead atoms. The van der Waals surface area contributed by atoms with Gasteiger partial charge in [-0.3, -0.25) is 10.1 Å². The molecule has 4 aromatic rings. The Kier molecular flexibility index (Phi) is 4.76. The maximum absolute atomic E-state index is 13.3. The summed E-state index contributed by atoms with van der Waals surface area (Å²) >= 11 is 0. The Morgan fingerprint density at radius 2 is 1.82 bits per heavy atom. The maximum atomic E-state index is 13.3. The van der Waals surface area contributed by atoms with Crippen LogP contribution >= 0.6 is 0 Å². The van der Waals surface area contributed by atoms with Crippen molar-refractivity contribution in [3.63, 3.8) is 0 Å². The second-order valence-corrected chi connectivity index (χ2v) is 6.23. The predicted octanol–water partition coefficient (Wildman–Crippen LogP) is 4.82. The lowest BCUT2D eigenvalue weighted by molar-refractivity contribution is -0.115. The first-order chi connectivity index (χ1) is 13.6. The minimum atomic E-state index is -0.320. The lowest BCUT2D eigenvalue weighted by Crippen LogP contribution is -2.14. The molecule has 0 fully saturated rings. The molecule has 3 aromatic carbocycles. The molecule has 0 aliphatic heterocycles. The third kappa shape index (κ3) is 3.57. The van der Waals surface area contributed by atoms with Gasteiger partial charge in [-0.05, 0) is 35.4 Å². The molecule has 1 amide bonds. The molecule has 6 heteroatoms. The number of halogens is 1. The minimum absolute atomic E-state index is 0.0868. The van der Waals surface area contributed by atoms with Crippen LogP contribution in [-0.2, 0) is 11.2 Å². The van der Waals surface area contributed by atoms with Crippen LogP contribution in [0.2, 0.25) is 0 Å². The van der Waals surface area contributed by atoms with Crippen LogP contribution in [0.1, 0.15) is 5.56 Å². The highest BCUT2D eigenvalue weighted by atomic mass is 19.1. The van der Waals surface area contributed by atoms with Crippen LogP contribution < -0.4 is 10.1 Å². The van der Waals surface area contributed by atoms with E-state index in [0.29, 0.717) is 16.8 Å². The fraction of sp³-hybridized carbons (Fsp3) is 0.0909. The number of anilines is 1. The molecule has 0 saturated heterocycles. The van der Waals surface area contributed by atoms with Gasteiger partial charge in [-0.2, -0.15) is 4.98 Å². The van der Waals surface area contributed by atoms with Crippen LogP contribution in [-0.4, -0.2) is 18.0 Å². The fourth-order valence-corrected chi connectivity index (χ4v) is 3.00. The molecule has 1 aromatic heterocycles. The molecule has 5 nitrogen and oxygen atoms in total. The summed E-state index contributed by atoms with van der Waals surface area (Å²) in [4.78, 5) is 16.7. The van der Waals surface area contributed by atoms with Crippen molar-refractivity contribution in [2.24, 2.45) is 0 Å². The zero-order valence-corrected chi connectivity index (χ0v) is 15.1. The molecule has 140 valence electrons. The number of methoxy groups -OCH3 is 1. The van der Waals surface area contributed by atoms with E-state index in [9.17, 15) is 9.18 Å². The van der Waals surface area contributed by atoms with E-state index in [1.54, 1.807) is 18.2 Å². The molecule has 0 aliphatic rings. The van der Waals surface area contributed by atoms with Crippen LogP contribution in [0.5, 0.6) is 5.75 Å². The molecule has 0 saturated carbocycles. The largest absolute Gasteiger partial charge is 0.494 e. The van der Waals surface area contributed by atoms with Gasteiger partial charge in [0, 0.05) is 5.56 Å². The van der Waals surface area contributed by atoms with E-state index in [1.807, 2.05) is 36.4 Å². The molecule has 28 heavy (non-hydrogen) atoms. The van der Waals surface area contributed by atoms with E-state index >= 15 is 0 Å². The standard InChI is InChI=1S/C22H17FN2O3/c1-27-18-12-11-17(15-7-9-16(23)10-8-15)21-20(18)25-22(28-21)24-19(26)13-14-5-3-2-4-6-14/h2-12H,13H2,1H3,(H,24,25,26). The number of amides is 1. The molecular formula is C22H17FN2O3. The van der Waals surface area contributed by atoms with Crippen molar-refractivity contribution in [1.82, 2.24) is 4.98 Å². The first-order valence-corrected chi connectivity index (χ1v) is 8.71. The number of ether oxygens (including phenoxy) is 1. The first-order valence-electron chi connectivity index (χ1n) is 8.71. The van der Waals surface area contributed by atoms with Crippen LogP contribution in [0.3, 0.4) is 0 Å². The number of nitrogens with one attached hydrogen (secondary N) is 1. The molecule has 0 atom stereocenters. The maximum Gasteiger partial charge on any atom is 0.302 e. The quantitative estimate of drug-likeness (QED) is 0.542. The van der Waals surface area contributed by atoms with E-state index in [2.05, 4.69) is 10.3 Å². The molecule has 0 aliphatic carbocycles. The van der Waals surface area contributed by atoms with Gasteiger partial charge in [0.15, 0.2) is 11.1 Å². The highest BCUT2D eigenvalue weighted by Crippen LogP contribution is 2.36. The molecule has 0 spiro atoms. The van der Waals surface area contributed by atoms with Crippen molar-refractivity contribution in [3.8, 4) is 16.9 Å². The van der Waals surface area contributed by atoms with Crippen molar-refractivity contribution in [2.45, 2.75) is 6.42 Å². The van der Waals surface area contributed by atoms with Gasteiger partial charge in [0.25, 0.3) is 0 Å². The number of fused-ring (bicyclic) bond motifs is 1.